The summed E-state index contributed by atoms with van der Waals surface area (Å²) in [5.74, 6) is 3.36. The molecule has 27 heavy (non-hydrogen) atoms. The van der Waals surface area contributed by atoms with E-state index in [2.05, 4.69) is 37.2 Å². The molecule has 0 heterocycles. The van der Waals surface area contributed by atoms with Crippen LogP contribution >= 0.6 is 0 Å². The Morgan fingerprint density at radius 1 is 1.15 bits per heavy atom. The van der Waals surface area contributed by atoms with E-state index >= 15 is 0 Å². The SMILES string of the molecule is CC[C@@H]1C[C@H]2[C@@H]3CCC4=C/C(=N\O)CC[C@]4(C)[C@@H]3CC[C@]2(C)[C@H]1/C(C)=N/O. The number of rotatable bonds is 2. The van der Waals surface area contributed by atoms with Crippen LogP contribution in [0.25, 0.3) is 0 Å². The molecule has 0 unspecified atom stereocenters. The van der Waals surface area contributed by atoms with Crippen molar-refractivity contribution >= 4 is 11.4 Å². The fourth-order valence-electron chi connectivity index (χ4n) is 8.11. The molecule has 3 fully saturated rings. The summed E-state index contributed by atoms with van der Waals surface area (Å²) < 4.78 is 0. The van der Waals surface area contributed by atoms with Gasteiger partial charge in [-0.2, -0.15) is 0 Å². The van der Waals surface area contributed by atoms with Crippen molar-refractivity contribution in [3.63, 3.8) is 0 Å². The summed E-state index contributed by atoms with van der Waals surface area (Å²) in [5, 5.41) is 25.9. The second kappa shape index (κ2) is 6.63. The second-order valence-electron chi connectivity index (χ2n) is 10.3. The first-order chi connectivity index (χ1) is 12.9. The van der Waals surface area contributed by atoms with Gasteiger partial charge in [-0.3, -0.25) is 0 Å². The molecule has 0 aromatic carbocycles. The van der Waals surface area contributed by atoms with Crippen LogP contribution in [0, 0.1) is 40.4 Å². The monoisotopic (exact) mass is 372 g/mol. The Kier molecular flexibility index (Phi) is 4.67. The van der Waals surface area contributed by atoms with Crippen molar-refractivity contribution in [1.82, 2.24) is 0 Å². The number of allylic oxidation sites excluding steroid dienone is 2. The number of oxime groups is 2. The lowest BCUT2D eigenvalue weighted by atomic mass is 9.46. The van der Waals surface area contributed by atoms with E-state index in [0.717, 1.165) is 48.4 Å². The van der Waals surface area contributed by atoms with Crippen LogP contribution in [0.1, 0.15) is 79.1 Å². The van der Waals surface area contributed by atoms with Crippen molar-refractivity contribution in [3.05, 3.63) is 11.6 Å². The van der Waals surface area contributed by atoms with E-state index in [4.69, 9.17) is 0 Å². The van der Waals surface area contributed by atoms with Crippen molar-refractivity contribution in [3.8, 4) is 0 Å². The fourth-order valence-corrected chi connectivity index (χ4v) is 8.11. The molecule has 0 radical (unpaired) electrons. The maximum absolute atomic E-state index is 9.54. The number of fused-ring (bicyclic) bond motifs is 5. The lowest BCUT2D eigenvalue weighted by Gasteiger charge is -2.58. The van der Waals surface area contributed by atoms with Crippen molar-refractivity contribution in [1.29, 1.82) is 0 Å². The van der Waals surface area contributed by atoms with Gasteiger partial charge in [0.15, 0.2) is 0 Å². The molecule has 0 aliphatic heterocycles. The van der Waals surface area contributed by atoms with Gasteiger partial charge in [0.05, 0.1) is 11.4 Å². The summed E-state index contributed by atoms with van der Waals surface area (Å²) in [7, 11) is 0. The smallest absolute Gasteiger partial charge is 0.0795 e. The standard InChI is InChI=1S/C23H36N2O2/c1-5-15-12-20-18-7-6-16-13-17(25-27)8-10-22(16,3)19(18)9-11-23(20,4)21(15)14(2)24-26/h13,15,18-21,26-27H,5-12H2,1-4H3/b24-14+,25-17-/t15-,18-,19-,20+,21+,22+,23+/m1/s1. The van der Waals surface area contributed by atoms with Gasteiger partial charge in [-0.05, 0) is 92.4 Å². The molecule has 0 bridgehead atoms. The predicted octanol–water partition coefficient (Wildman–Crippen LogP) is 5.88. The van der Waals surface area contributed by atoms with E-state index in [1.165, 1.54) is 37.7 Å². The maximum Gasteiger partial charge on any atom is 0.0795 e. The minimum atomic E-state index is 0.276. The first-order valence-corrected chi connectivity index (χ1v) is 11.0. The molecule has 7 atom stereocenters. The molecule has 2 N–H and O–H groups in total. The van der Waals surface area contributed by atoms with E-state index in [1.807, 2.05) is 6.92 Å². The first-order valence-electron chi connectivity index (χ1n) is 11.0. The first kappa shape index (κ1) is 19.0. The van der Waals surface area contributed by atoms with E-state index in [-0.39, 0.29) is 10.8 Å². The zero-order valence-electron chi connectivity index (χ0n) is 17.4. The third kappa shape index (κ3) is 2.61. The summed E-state index contributed by atoms with van der Waals surface area (Å²) in [6, 6.07) is 0. The summed E-state index contributed by atoms with van der Waals surface area (Å²) >= 11 is 0. The van der Waals surface area contributed by atoms with Crippen LogP contribution in [0.4, 0.5) is 0 Å². The molecule has 0 aromatic rings. The largest absolute Gasteiger partial charge is 0.411 e. The Balaban J connectivity index is 1.68. The molecule has 4 nitrogen and oxygen atoms in total. The molecule has 0 saturated heterocycles. The van der Waals surface area contributed by atoms with Crippen LogP contribution in [0.5, 0.6) is 0 Å². The Morgan fingerprint density at radius 3 is 2.59 bits per heavy atom. The van der Waals surface area contributed by atoms with Gasteiger partial charge in [-0.25, -0.2) is 0 Å². The minimum Gasteiger partial charge on any atom is -0.411 e. The second-order valence-corrected chi connectivity index (χ2v) is 10.3. The summed E-state index contributed by atoms with van der Waals surface area (Å²) in [6.07, 6.45) is 11.6. The normalized spacial score (nSPS) is 48.6. The van der Waals surface area contributed by atoms with E-state index in [0.29, 0.717) is 11.8 Å². The highest BCUT2D eigenvalue weighted by Gasteiger charge is 2.61. The molecule has 4 heteroatoms. The van der Waals surface area contributed by atoms with Crippen molar-refractivity contribution in [2.24, 2.45) is 50.7 Å². The zero-order chi connectivity index (χ0) is 19.4. The van der Waals surface area contributed by atoms with Crippen LogP contribution in [-0.2, 0) is 0 Å². The molecule has 4 aliphatic carbocycles. The molecular weight excluding hydrogens is 336 g/mol. The molecule has 3 saturated carbocycles. The highest BCUT2D eigenvalue weighted by atomic mass is 16.4. The van der Waals surface area contributed by atoms with Gasteiger partial charge in [-0.15, -0.1) is 0 Å². The fraction of sp³-hybridized carbons (Fsp3) is 0.826. The average Bonchev–Trinajstić information content (AvgIpc) is 2.99. The number of hydrogen-bond acceptors (Lipinski definition) is 4. The van der Waals surface area contributed by atoms with E-state index in [9.17, 15) is 10.4 Å². The molecule has 0 amide bonds. The highest BCUT2D eigenvalue weighted by molar-refractivity contribution is 5.96. The molecule has 0 aromatic heterocycles. The zero-order valence-corrected chi connectivity index (χ0v) is 17.4. The lowest BCUT2D eigenvalue weighted by Crippen LogP contribution is -2.51. The van der Waals surface area contributed by atoms with Crippen LogP contribution in [0.2, 0.25) is 0 Å². The number of nitrogens with zero attached hydrogens (tertiary/aromatic N) is 2. The summed E-state index contributed by atoms with van der Waals surface area (Å²) in [4.78, 5) is 0. The van der Waals surface area contributed by atoms with Gasteiger partial charge in [0.1, 0.15) is 0 Å². The van der Waals surface area contributed by atoms with Gasteiger partial charge in [0.25, 0.3) is 0 Å². The Bertz CT molecular complexity index is 696. The summed E-state index contributed by atoms with van der Waals surface area (Å²) in [6.45, 7) is 9.32. The molecule has 0 spiro atoms. The Morgan fingerprint density at radius 2 is 1.93 bits per heavy atom. The van der Waals surface area contributed by atoms with Gasteiger partial charge in [0, 0.05) is 5.92 Å². The number of hydrogen-bond donors (Lipinski definition) is 2. The summed E-state index contributed by atoms with van der Waals surface area (Å²) in [5.41, 5.74) is 3.90. The van der Waals surface area contributed by atoms with Gasteiger partial charge in [-0.1, -0.05) is 43.1 Å². The molecule has 4 aliphatic rings. The quantitative estimate of drug-likeness (QED) is 0.361. The molecule has 4 rings (SSSR count). The van der Waals surface area contributed by atoms with Crippen molar-refractivity contribution in [2.45, 2.75) is 79.1 Å². The van der Waals surface area contributed by atoms with Gasteiger partial charge < -0.3 is 10.4 Å². The lowest BCUT2D eigenvalue weighted by molar-refractivity contribution is -0.0412. The highest BCUT2D eigenvalue weighted by Crippen LogP contribution is 2.68. The minimum absolute atomic E-state index is 0.276. The molecular formula is C23H36N2O2. The van der Waals surface area contributed by atoms with Gasteiger partial charge in [0.2, 0.25) is 0 Å². The average molecular weight is 373 g/mol. The van der Waals surface area contributed by atoms with Crippen molar-refractivity contribution in [2.75, 3.05) is 0 Å². The third-order valence-corrected chi connectivity index (χ3v) is 9.41. The third-order valence-electron chi connectivity index (χ3n) is 9.41. The topological polar surface area (TPSA) is 65.2 Å². The van der Waals surface area contributed by atoms with Crippen LogP contribution in [0.3, 0.4) is 0 Å². The Labute approximate surface area is 163 Å². The van der Waals surface area contributed by atoms with Crippen LogP contribution < -0.4 is 0 Å². The van der Waals surface area contributed by atoms with Crippen LogP contribution in [0.15, 0.2) is 22.0 Å². The maximum atomic E-state index is 9.54. The predicted molar refractivity (Wildman–Crippen MR) is 108 cm³/mol. The van der Waals surface area contributed by atoms with E-state index in [1.54, 1.807) is 0 Å². The molecule has 150 valence electrons. The van der Waals surface area contributed by atoms with Crippen LogP contribution in [-0.4, -0.2) is 21.8 Å². The van der Waals surface area contributed by atoms with Gasteiger partial charge >= 0.3 is 0 Å². The van der Waals surface area contributed by atoms with Crippen molar-refractivity contribution < 1.29 is 10.4 Å². The Hall–Kier alpha value is -1.32. The van der Waals surface area contributed by atoms with E-state index < -0.39 is 0 Å².